The zero-order valence-electron chi connectivity index (χ0n) is 15.6. The summed E-state index contributed by atoms with van der Waals surface area (Å²) < 4.78 is 0. The van der Waals surface area contributed by atoms with Crippen molar-refractivity contribution < 1.29 is 14.7 Å². The normalized spacial score (nSPS) is 11.6. The van der Waals surface area contributed by atoms with E-state index in [0.29, 0.717) is 5.13 Å². The number of thiazole rings is 1. The Morgan fingerprint density at radius 2 is 1.75 bits per heavy atom. The van der Waals surface area contributed by atoms with Gasteiger partial charge in [-0.15, -0.1) is 11.3 Å². The summed E-state index contributed by atoms with van der Waals surface area (Å²) in [5.74, 6) is -1.38. The molecule has 0 saturated carbocycles. The summed E-state index contributed by atoms with van der Waals surface area (Å²) in [6.07, 6.45) is -0.199. The molecule has 1 aromatic heterocycles. The Labute approximate surface area is 167 Å². The number of hydrogen-bond donors (Lipinski definition) is 3. The van der Waals surface area contributed by atoms with Crippen LogP contribution in [0.5, 0.6) is 0 Å². The summed E-state index contributed by atoms with van der Waals surface area (Å²) in [5, 5.41) is 17.5. The van der Waals surface area contributed by atoms with E-state index in [1.54, 1.807) is 5.38 Å². The van der Waals surface area contributed by atoms with E-state index in [2.05, 4.69) is 15.6 Å². The van der Waals surface area contributed by atoms with Crippen LogP contribution in [-0.4, -0.2) is 22.0 Å². The molecule has 0 bridgehead atoms. The van der Waals surface area contributed by atoms with Gasteiger partial charge in [0.1, 0.15) is 5.69 Å². The predicted molar refractivity (Wildman–Crippen MR) is 110 cm³/mol. The summed E-state index contributed by atoms with van der Waals surface area (Å²) in [4.78, 5) is 28.3. The molecule has 0 aliphatic heterocycles. The SMILES string of the molecule is Cc1ccccc1Nc1nc(C(=O)NC(CC(=O)O)c2ccccc2C)cs1. The molecule has 28 heavy (non-hydrogen) atoms. The van der Waals surface area contributed by atoms with Crippen LogP contribution >= 0.6 is 11.3 Å². The van der Waals surface area contributed by atoms with Gasteiger partial charge in [0.05, 0.1) is 12.5 Å². The first-order chi connectivity index (χ1) is 13.4. The fraction of sp³-hybridized carbons (Fsp3) is 0.190. The monoisotopic (exact) mass is 395 g/mol. The second-order valence-corrected chi connectivity index (χ2v) is 7.32. The molecule has 3 N–H and O–H groups in total. The van der Waals surface area contributed by atoms with E-state index in [0.717, 1.165) is 22.4 Å². The number of carbonyl (C=O) groups excluding carboxylic acids is 1. The van der Waals surface area contributed by atoms with Crippen molar-refractivity contribution >= 4 is 34.0 Å². The summed E-state index contributed by atoms with van der Waals surface area (Å²) in [5.41, 5.74) is 3.96. The number of carboxylic acids is 1. The van der Waals surface area contributed by atoms with E-state index in [1.165, 1.54) is 11.3 Å². The summed E-state index contributed by atoms with van der Waals surface area (Å²) in [7, 11) is 0. The number of benzene rings is 2. The number of nitrogens with zero attached hydrogens (tertiary/aromatic N) is 1. The van der Waals surface area contributed by atoms with Gasteiger partial charge in [0.2, 0.25) is 0 Å². The van der Waals surface area contributed by atoms with Gasteiger partial charge in [-0.05, 0) is 36.6 Å². The summed E-state index contributed by atoms with van der Waals surface area (Å²) in [6.45, 7) is 3.88. The molecule has 0 aliphatic rings. The third kappa shape index (κ3) is 4.75. The van der Waals surface area contributed by atoms with Gasteiger partial charge in [-0.25, -0.2) is 4.98 Å². The molecule has 144 valence electrons. The number of amides is 1. The van der Waals surface area contributed by atoms with Crippen LogP contribution in [-0.2, 0) is 4.79 Å². The van der Waals surface area contributed by atoms with E-state index < -0.39 is 17.9 Å². The molecule has 0 fully saturated rings. The van der Waals surface area contributed by atoms with E-state index in [4.69, 9.17) is 0 Å². The van der Waals surface area contributed by atoms with E-state index in [9.17, 15) is 14.7 Å². The maximum Gasteiger partial charge on any atom is 0.305 e. The van der Waals surface area contributed by atoms with Crippen LogP contribution in [0, 0.1) is 13.8 Å². The minimum atomic E-state index is -0.978. The zero-order valence-corrected chi connectivity index (χ0v) is 16.4. The fourth-order valence-electron chi connectivity index (χ4n) is 2.89. The molecule has 0 radical (unpaired) electrons. The number of carboxylic acid groups (broad SMARTS) is 1. The maximum absolute atomic E-state index is 12.7. The van der Waals surface area contributed by atoms with Gasteiger partial charge in [0.25, 0.3) is 5.91 Å². The Bertz CT molecular complexity index is 1000. The molecule has 0 saturated heterocycles. The first-order valence-electron chi connectivity index (χ1n) is 8.80. The van der Waals surface area contributed by atoms with Crippen molar-refractivity contribution in [3.05, 3.63) is 76.3 Å². The van der Waals surface area contributed by atoms with Gasteiger partial charge < -0.3 is 15.7 Å². The van der Waals surface area contributed by atoms with E-state index in [1.807, 2.05) is 62.4 Å². The highest BCUT2D eigenvalue weighted by Gasteiger charge is 2.21. The highest BCUT2D eigenvalue weighted by Crippen LogP contribution is 2.25. The average molecular weight is 395 g/mol. The van der Waals surface area contributed by atoms with Crippen molar-refractivity contribution in [2.24, 2.45) is 0 Å². The molecule has 1 amide bonds. The molecular weight excluding hydrogens is 374 g/mol. The van der Waals surface area contributed by atoms with Crippen LogP contribution in [0.4, 0.5) is 10.8 Å². The third-order valence-corrected chi connectivity index (χ3v) is 5.13. The van der Waals surface area contributed by atoms with Crippen molar-refractivity contribution in [1.82, 2.24) is 10.3 Å². The Morgan fingerprint density at radius 1 is 1.07 bits per heavy atom. The minimum Gasteiger partial charge on any atom is -0.481 e. The second-order valence-electron chi connectivity index (χ2n) is 6.46. The van der Waals surface area contributed by atoms with Gasteiger partial charge in [-0.2, -0.15) is 0 Å². The Kier molecular flexibility index (Phi) is 6.06. The topological polar surface area (TPSA) is 91.3 Å². The van der Waals surface area contributed by atoms with Gasteiger partial charge in [-0.1, -0.05) is 42.5 Å². The molecule has 6 nitrogen and oxygen atoms in total. The number of aromatic nitrogens is 1. The van der Waals surface area contributed by atoms with Crippen molar-refractivity contribution in [1.29, 1.82) is 0 Å². The largest absolute Gasteiger partial charge is 0.481 e. The lowest BCUT2D eigenvalue weighted by molar-refractivity contribution is -0.137. The Morgan fingerprint density at radius 3 is 2.43 bits per heavy atom. The molecule has 0 spiro atoms. The molecule has 3 rings (SSSR count). The smallest absolute Gasteiger partial charge is 0.305 e. The highest BCUT2D eigenvalue weighted by molar-refractivity contribution is 7.14. The lowest BCUT2D eigenvalue weighted by Gasteiger charge is -2.18. The van der Waals surface area contributed by atoms with Crippen LogP contribution in [0.25, 0.3) is 0 Å². The fourth-order valence-corrected chi connectivity index (χ4v) is 3.59. The molecule has 7 heteroatoms. The van der Waals surface area contributed by atoms with Gasteiger partial charge in [-0.3, -0.25) is 9.59 Å². The molecule has 2 aromatic carbocycles. The Balaban J connectivity index is 1.75. The molecule has 1 unspecified atom stereocenters. The molecule has 3 aromatic rings. The second kappa shape index (κ2) is 8.67. The van der Waals surface area contributed by atoms with Gasteiger partial charge >= 0.3 is 5.97 Å². The first-order valence-corrected chi connectivity index (χ1v) is 9.68. The van der Waals surface area contributed by atoms with Crippen molar-refractivity contribution in [2.45, 2.75) is 26.3 Å². The van der Waals surface area contributed by atoms with E-state index >= 15 is 0 Å². The number of aryl methyl sites for hydroxylation is 2. The number of aliphatic carboxylic acids is 1. The van der Waals surface area contributed by atoms with Crippen molar-refractivity contribution in [2.75, 3.05) is 5.32 Å². The highest BCUT2D eigenvalue weighted by atomic mass is 32.1. The predicted octanol–water partition coefficient (Wildman–Crippen LogP) is 4.45. The van der Waals surface area contributed by atoms with Gasteiger partial charge in [0, 0.05) is 11.1 Å². The molecule has 1 heterocycles. The third-order valence-electron chi connectivity index (χ3n) is 4.37. The van der Waals surface area contributed by atoms with E-state index in [-0.39, 0.29) is 12.1 Å². The van der Waals surface area contributed by atoms with Crippen LogP contribution in [0.1, 0.15) is 39.6 Å². The number of para-hydroxylation sites is 1. The zero-order chi connectivity index (χ0) is 20.1. The maximum atomic E-state index is 12.7. The summed E-state index contributed by atoms with van der Waals surface area (Å²) in [6, 6.07) is 14.6. The lowest BCUT2D eigenvalue weighted by Crippen LogP contribution is -2.30. The van der Waals surface area contributed by atoms with Crippen LogP contribution in [0.2, 0.25) is 0 Å². The van der Waals surface area contributed by atoms with Gasteiger partial charge in [0.15, 0.2) is 5.13 Å². The molecule has 0 aliphatic carbocycles. The standard InChI is InChI=1S/C21H21N3O3S/c1-13-7-3-5-9-15(13)17(11-19(25)26)22-20(27)18-12-28-21(24-18)23-16-10-6-4-8-14(16)2/h3-10,12,17H,11H2,1-2H3,(H,22,27)(H,23,24)(H,25,26). The summed E-state index contributed by atoms with van der Waals surface area (Å²) >= 11 is 1.32. The van der Waals surface area contributed by atoms with Crippen LogP contribution < -0.4 is 10.6 Å². The number of nitrogens with one attached hydrogen (secondary N) is 2. The van der Waals surface area contributed by atoms with Crippen molar-refractivity contribution in [3.8, 4) is 0 Å². The molecular formula is C21H21N3O3S. The quantitative estimate of drug-likeness (QED) is 0.550. The number of carbonyl (C=O) groups is 2. The average Bonchev–Trinajstić information content (AvgIpc) is 3.12. The van der Waals surface area contributed by atoms with Crippen LogP contribution in [0.15, 0.2) is 53.9 Å². The number of rotatable bonds is 7. The van der Waals surface area contributed by atoms with Crippen LogP contribution in [0.3, 0.4) is 0 Å². The Hall–Kier alpha value is -3.19. The molecule has 1 atom stereocenters. The number of hydrogen-bond acceptors (Lipinski definition) is 5. The number of anilines is 2. The van der Waals surface area contributed by atoms with Crippen molar-refractivity contribution in [3.63, 3.8) is 0 Å². The first kappa shape index (κ1) is 19.6. The minimum absolute atomic E-state index is 0.199. The lowest BCUT2D eigenvalue weighted by atomic mass is 9.98.